The van der Waals surface area contributed by atoms with Gasteiger partial charge in [-0.15, -0.1) is 0 Å². The lowest BCUT2D eigenvalue weighted by Crippen LogP contribution is -2.12. The van der Waals surface area contributed by atoms with Gasteiger partial charge in [0.2, 0.25) is 0 Å². The number of nitrogens with zero attached hydrogens (tertiary/aromatic N) is 2. The fourth-order valence-corrected chi connectivity index (χ4v) is 1.49. The summed E-state index contributed by atoms with van der Waals surface area (Å²) in [6, 6.07) is 3.46. The quantitative estimate of drug-likeness (QED) is 0.339. The number of aliphatic imine (C=N–C) groups is 1. The van der Waals surface area contributed by atoms with Crippen molar-refractivity contribution >= 4 is 22.6 Å². The number of rotatable bonds is 1. The summed E-state index contributed by atoms with van der Waals surface area (Å²) in [7, 11) is 0. The van der Waals surface area contributed by atoms with Crippen LogP contribution in [0.4, 0.5) is 5.69 Å². The van der Waals surface area contributed by atoms with Crippen LogP contribution < -0.4 is 5.32 Å². The Balaban J connectivity index is 3.14. The van der Waals surface area contributed by atoms with Crippen LogP contribution in [0.5, 0.6) is 5.75 Å². The van der Waals surface area contributed by atoms with Gasteiger partial charge >= 0.3 is 0 Å². The van der Waals surface area contributed by atoms with E-state index in [0.717, 1.165) is 11.1 Å². The summed E-state index contributed by atoms with van der Waals surface area (Å²) in [4.78, 5) is 4.16. The Morgan fingerprint density at radius 2 is 2.06 bits per heavy atom. The average molecular weight is 235 g/mol. The molecule has 1 rings (SSSR count). The molecule has 0 aromatic heterocycles. The first-order valence-corrected chi connectivity index (χ1v) is 5.89. The minimum absolute atomic E-state index is 0.120. The van der Waals surface area contributed by atoms with Crippen LogP contribution in [0, 0.1) is 25.3 Å². The van der Waals surface area contributed by atoms with E-state index in [9.17, 15) is 5.11 Å². The van der Waals surface area contributed by atoms with Gasteiger partial charge in [0.05, 0.1) is 0 Å². The number of hydrogen-bond acceptors (Lipinski definition) is 4. The number of aryl methyl sites for hydroxylation is 2. The summed E-state index contributed by atoms with van der Waals surface area (Å²) >= 11 is 1.31. The maximum Gasteiger partial charge on any atom is 0.183 e. The molecule has 1 aromatic carbocycles. The number of nitrogens with one attached hydrogen (secondary N) is 1. The number of nitriles is 1. The molecule has 0 spiro atoms. The predicted molar refractivity (Wildman–Crippen MR) is 66.9 cm³/mol. The topological polar surface area (TPSA) is 68.4 Å². The van der Waals surface area contributed by atoms with Crippen molar-refractivity contribution in [3.8, 4) is 11.9 Å². The van der Waals surface area contributed by atoms with Crippen LogP contribution >= 0.6 is 11.8 Å². The fraction of sp³-hybridized carbons (Fsp3) is 0.273. The van der Waals surface area contributed by atoms with Crippen LogP contribution in [0.3, 0.4) is 0 Å². The summed E-state index contributed by atoms with van der Waals surface area (Å²) in [5.41, 5.74) is 2.53. The lowest BCUT2D eigenvalue weighted by Gasteiger charge is -2.05. The highest BCUT2D eigenvalue weighted by atomic mass is 32.2. The van der Waals surface area contributed by atoms with Gasteiger partial charge in [-0.1, -0.05) is 11.8 Å². The molecule has 0 heterocycles. The van der Waals surface area contributed by atoms with E-state index < -0.39 is 0 Å². The number of benzene rings is 1. The van der Waals surface area contributed by atoms with Crippen molar-refractivity contribution in [3.05, 3.63) is 23.3 Å². The van der Waals surface area contributed by atoms with Crippen LogP contribution in [0.2, 0.25) is 0 Å². The molecule has 1 aromatic rings. The Bertz CT molecular complexity index is 463. The van der Waals surface area contributed by atoms with Crippen molar-refractivity contribution in [1.82, 2.24) is 5.32 Å². The second-order valence-electron chi connectivity index (χ2n) is 3.28. The minimum atomic E-state index is 0.120. The largest absolute Gasteiger partial charge is 0.506 e. The summed E-state index contributed by atoms with van der Waals surface area (Å²) in [6.07, 6.45) is 3.61. The van der Waals surface area contributed by atoms with E-state index >= 15 is 0 Å². The summed E-state index contributed by atoms with van der Waals surface area (Å²) < 4.78 is 0. The number of amidine groups is 1. The monoisotopic (exact) mass is 235 g/mol. The van der Waals surface area contributed by atoms with Gasteiger partial charge in [-0.2, -0.15) is 5.26 Å². The first-order valence-electron chi connectivity index (χ1n) is 4.66. The van der Waals surface area contributed by atoms with Crippen molar-refractivity contribution in [1.29, 1.82) is 5.26 Å². The van der Waals surface area contributed by atoms with E-state index in [1.165, 1.54) is 11.8 Å². The zero-order valence-electron chi connectivity index (χ0n) is 9.40. The minimum Gasteiger partial charge on any atom is -0.506 e. The molecule has 2 N–H and O–H groups in total. The fourth-order valence-electron chi connectivity index (χ4n) is 1.16. The number of hydrogen-bond donors (Lipinski definition) is 2. The van der Waals surface area contributed by atoms with Crippen LogP contribution in [0.25, 0.3) is 0 Å². The van der Waals surface area contributed by atoms with Crippen molar-refractivity contribution < 1.29 is 5.11 Å². The summed E-state index contributed by atoms with van der Waals surface area (Å²) in [5, 5.41) is 21.1. The molecule has 4 nitrogen and oxygen atoms in total. The van der Waals surface area contributed by atoms with Gasteiger partial charge in [0.1, 0.15) is 11.4 Å². The Hall–Kier alpha value is -1.67. The van der Waals surface area contributed by atoms with Crippen LogP contribution in [-0.4, -0.2) is 16.5 Å². The summed E-state index contributed by atoms with van der Waals surface area (Å²) in [6.45, 7) is 3.87. The number of aromatic hydroxyl groups is 1. The highest BCUT2D eigenvalue weighted by Gasteiger charge is 2.04. The zero-order valence-corrected chi connectivity index (χ0v) is 10.2. The van der Waals surface area contributed by atoms with Gasteiger partial charge in [0.25, 0.3) is 0 Å². The standard InChI is InChI=1S/C11H13N3OS/c1-7-4-9(10(15)5-8(7)2)14-11(16-3)13-6-12/h4-5,15H,1-3H3,(H,13,14). The first-order chi connectivity index (χ1) is 7.58. The van der Waals surface area contributed by atoms with Gasteiger partial charge in [-0.3, -0.25) is 5.32 Å². The van der Waals surface area contributed by atoms with E-state index in [1.54, 1.807) is 24.6 Å². The number of thioether (sulfide) groups is 1. The number of phenolic OH excluding ortho intramolecular Hbond substituents is 1. The SMILES string of the molecule is CSC(=Nc1cc(C)c(C)cc1O)NC#N. The smallest absolute Gasteiger partial charge is 0.183 e. The molecule has 0 saturated carbocycles. The zero-order chi connectivity index (χ0) is 12.1. The van der Waals surface area contributed by atoms with Gasteiger partial charge in [0.15, 0.2) is 11.4 Å². The maximum atomic E-state index is 9.70. The highest BCUT2D eigenvalue weighted by molar-refractivity contribution is 8.13. The normalized spacial score (nSPS) is 11.0. The predicted octanol–water partition coefficient (Wildman–Crippen LogP) is 2.43. The van der Waals surface area contributed by atoms with E-state index in [1.807, 2.05) is 13.8 Å². The summed E-state index contributed by atoms with van der Waals surface area (Å²) in [5.74, 6) is 0.120. The van der Waals surface area contributed by atoms with Crippen LogP contribution in [-0.2, 0) is 0 Å². The van der Waals surface area contributed by atoms with E-state index in [0.29, 0.717) is 10.9 Å². The first kappa shape index (κ1) is 12.4. The molecule has 16 heavy (non-hydrogen) atoms. The van der Waals surface area contributed by atoms with Crippen molar-refractivity contribution in [2.24, 2.45) is 4.99 Å². The molecule has 0 fully saturated rings. The molecular weight excluding hydrogens is 222 g/mol. The second-order valence-corrected chi connectivity index (χ2v) is 4.08. The Morgan fingerprint density at radius 1 is 1.44 bits per heavy atom. The van der Waals surface area contributed by atoms with E-state index in [4.69, 9.17) is 5.26 Å². The molecular formula is C11H13N3OS. The van der Waals surface area contributed by atoms with Gasteiger partial charge < -0.3 is 5.11 Å². The Labute approximate surface area is 99.0 Å². The lowest BCUT2D eigenvalue weighted by atomic mass is 10.1. The molecule has 0 aliphatic rings. The molecule has 0 saturated heterocycles. The van der Waals surface area contributed by atoms with Gasteiger partial charge in [-0.05, 0) is 43.4 Å². The molecule has 0 atom stereocenters. The molecule has 5 heteroatoms. The third-order valence-corrected chi connectivity index (χ3v) is 2.75. The van der Waals surface area contributed by atoms with Gasteiger partial charge in [-0.25, -0.2) is 4.99 Å². The van der Waals surface area contributed by atoms with E-state index in [2.05, 4.69) is 10.3 Å². The molecule has 0 unspecified atom stereocenters. The lowest BCUT2D eigenvalue weighted by molar-refractivity contribution is 0.476. The molecule has 0 aliphatic carbocycles. The maximum absolute atomic E-state index is 9.70. The van der Waals surface area contributed by atoms with E-state index in [-0.39, 0.29) is 5.75 Å². The van der Waals surface area contributed by atoms with Crippen LogP contribution in [0.15, 0.2) is 17.1 Å². The third-order valence-electron chi connectivity index (χ3n) is 2.17. The molecule has 0 radical (unpaired) electrons. The highest BCUT2D eigenvalue weighted by Crippen LogP contribution is 2.30. The second kappa shape index (κ2) is 5.42. The molecule has 0 aliphatic heterocycles. The molecule has 0 bridgehead atoms. The molecule has 0 amide bonds. The average Bonchev–Trinajstić information content (AvgIpc) is 2.25. The van der Waals surface area contributed by atoms with Crippen LogP contribution in [0.1, 0.15) is 11.1 Å². The Morgan fingerprint density at radius 3 is 2.62 bits per heavy atom. The van der Waals surface area contributed by atoms with Gasteiger partial charge in [0, 0.05) is 0 Å². The van der Waals surface area contributed by atoms with Crippen molar-refractivity contribution in [2.75, 3.05) is 6.26 Å². The van der Waals surface area contributed by atoms with Crippen molar-refractivity contribution in [2.45, 2.75) is 13.8 Å². The Kier molecular flexibility index (Phi) is 4.20. The third kappa shape index (κ3) is 2.91. The van der Waals surface area contributed by atoms with Crippen molar-refractivity contribution in [3.63, 3.8) is 0 Å². The molecule has 84 valence electrons. The number of phenols is 1.